The maximum absolute atomic E-state index is 10.7. The Balaban J connectivity index is 2.02. The first-order chi connectivity index (χ1) is 8.60. The third kappa shape index (κ3) is 2.98. The van der Waals surface area contributed by atoms with E-state index >= 15 is 0 Å². The molecule has 1 aliphatic heterocycles. The maximum atomic E-state index is 10.7. The van der Waals surface area contributed by atoms with Crippen molar-refractivity contribution in [2.24, 2.45) is 11.7 Å². The molecule has 1 aromatic carbocycles. The molecule has 0 amide bonds. The molecule has 2 N–H and O–H groups in total. The molecule has 1 saturated heterocycles. The number of nitrogens with two attached hydrogens (primary N) is 1. The summed E-state index contributed by atoms with van der Waals surface area (Å²) in [5, 5.41) is 10.9. The first kappa shape index (κ1) is 13.3. The van der Waals surface area contributed by atoms with Crippen molar-refractivity contribution in [3.8, 4) is 0 Å². The van der Waals surface area contributed by atoms with Gasteiger partial charge in [-0.1, -0.05) is 17.7 Å². The summed E-state index contributed by atoms with van der Waals surface area (Å²) in [6.45, 7) is 3.51. The van der Waals surface area contributed by atoms with Crippen LogP contribution in [0, 0.1) is 16.0 Å². The molecule has 0 spiro atoms. The summed E-state index contributed by atoms with van der Waals surface area (Å²) in [4.78, 5) is 12.5. The third-order valence-corrected chi connectivity index (χ3v) is 3.62. The Morgan fingerprint density at radius 1 is 1.56 bits per heavy atom. The maximum Gasteiger partial charge on any atom is 0.287 e. The van der Waals surface area contributed by atoms with Gasteiger partial charge in [-0.2, -0.15) is 0 Å². The van der Waals surface area contributed by atoms with Crippen LogP contribution in [0.5, 0.6) is 0 Å². The lowest BCUT2D eigenvalue weighted by Crippen LogP contribution is -2.22. The van der Waals surface area contributed by atoms with E-state index in [1.165, 1.54) is 6.07 Å². The number of nitrogens with zero attached hydrogens (tertiary/aromatic N) is 2. The normalized spacial score (nSPS) is 20.2. The molecular weight excluding hydrogens is 254 g/mol. The molecule has 0 aromatic heterocycles. The minimum Gasteiger partial charge on any atom is -0.330 e. The summed E-state index contributed by atoms with van der Waals surface area (Å²) in [5.41, 5.74) is 6.61. The van der Waals surface area contributed by atoms with E-state index in [2.05, 4.69) is 4.90 Å². The first-order valence-electron chi connectivity index (χ1n) is 5.95. The lowest BCUT2D eigenvalue weighted by molar-refractivity contribution is -0.384. The van der Waals surface area contributed by atoms with Gasteiger partial charge in [-0.05, 0) is 37.1 Å². The number of halogens is 1. The highest BCUT2D eigenvalue weighted by Crippen LogP contribution is 2.26. The monoisotopic (exact) mass is 269 g/mol. The molecular formula is C12H16ClN3O2. The summed E-state index contributed by atoms with van der Waals surface area (Å²) in [6.07, 6.45) is 1.12. The fourth-order valence-electron chi connectivity index (χ4n) is 2.30. The molecule has 2 rings (SSSR count). The Morgan fingerprint density at radius 2 is 2.33 bits per heavy atom. The predicted molar refractivity (Wildman–Crippen MR) is 70.5 cm³/mol. The molecule has 18 heavy (non-hydrogen) atoms. The predicted octanol–water partition coefficient (Wildman–Crippen LogP) is 2.03. The van der Waals surface area contributed by atoms with Crippen LogP contribution in [0.3, 0.4) is 0 Å². The van der Waals surface area contributed by atoms with E-state index in [1.54, 1.807) is 12.1 Å². The van der Waals surface area contributed by atoms with Gasteiger partial charge >= 0.3 is 0 Å². The number of hydrogen-bond acceptors (Lipinski definition) is 4. The lowest BCUT2D eigenvalue weighted by Gasteiger charge is -2.15. The molecule has 5 nitrogen and oxygen atoms in total. The topological polar surface area (TPSA) is 72.4 Å². The highest BCUT2D eigenvalue weighted by atomic mass is 35.5. The highest BCUT2D eigenvalue weighted by Gasteiger charge is 2.21. The van der Waals surface area contributed by atoms with Crippen LogP contribution in [-0.2, 0) is 6.54 Å². The number of likely N-dealkylation sites (tertiary alicyclic amines) is 1. The van der Waals surface area contributed by atoms with Gasteiger partial charge in [0.2, 0.25) is 0 Å². The fraction of sp³-hybridized carbons (Fsp3) is 0.500. The van der Waals surface area contributed by atoms with E-state index in [-0.39, 0.29) is 10.7 Å². The van der Waals surface area contributed by atoms with Gasteiger partial charge in [0, 0.05) is 19.2 Å². The third-order valence-electron chi connectivity index (χ3n) is 3.32. The van der Waals surface area contributed by atoms with Crippen LogP contribution in [0.4, 0.5) is 5.69 Å². The Labute approximate surface area is 111 Å². The molecule has 1 heterocycles. The van der Waals surface area contributed by atoms with Crippen LogP contribution >= 0.6 is 11.6 Å². The second-order valence-corrected chi connectivity index (χ2v) is 5.08. The quantitative estimate of drug-likeness (QED) is 0.670. The van der Waals surface area contributed by atoms with Crippen molar-refractivity contribution in [2.75, 3.05) is 19.6 Å². The van der Waals surface area contributed by atoms with Crippen LogP contribution in [-0.4, -0.2) is 29.5 Å². The standard InChI is InChI=1S/C12H16ClN3O2/c13-11-5-9(1-2-12(11)16(17)18)7-15-4-3-10(6-14)8-15/h1-2,5,10H,3-4,6-8,14H2. The molecule has 1 aromatic rings. The van der Waals surface area contributed by atoms with Crippen LogP contribution in [0.25, 0.3) is 0 Å². The highest BCUT2D eigenvalue weighted by molar-refractivity contribution is 6.32. The van der Waals surface area contributed by atoms with Gasteiger partial charge in [-0.25, -0.2) is 0 Å². The van der Waals surface area contributed by atoms with Crippen LogP contribution in [0.15, 0.2) is 18.2 Å². The number of nitro groups is 1. The molecule has 1 fully saturated rings. The molecule has 1 unspecified atom stereocenters. The molecule has 6 heteroatoms. The number of rotatable bonds is 4. The van der Waals surface area contributed by atoms with Crippen molar-refractivity contribution in [1.29, 1.82) is 0 Å². The van der Waals surface area contributed by atoms with Crippen molar-refractivity contribution in [3.05, 3.63) is 38.9 Å². The van der Waals surface area contributed by atoms with Gasteiger partial charge in [-0.15, -0.1) is 0 Å². The molecule has 1 atom stereocenters. The lowest BCUT2D eigenvalue weighted by atomic mass is 10.1. The van der Waals surface area contributed by atoms with Crippen molar-refractivity contribution in [3.63, 3.8) is 0 Å². The summed E-state index contributed by atoms with van der Waals surface area (Å²) in [7, 11) is 0. The van der Waals surface area contributed by atoms with Gasteiger partial charge in [0.1, 0.15) is 5.02 Å². The zero-order valence-electron chi connectivity index (χ0n) is 10.0. The Hall–Kier alpha value is -1.17. The van der Waals surface area contributed by atoms with Crippen molar-refractivity contribution in [1.82, 2.24) is 4.90 Å². The van der Waals surface area contributed by atoms with E-state index in [0.29, 0.717) is 5.92 Å². The second-order valence-electron chi connectivity index (χ2n) is 4.67. The summed E-state index contributed by atoms with van der Waals surface area (Å²) in [6, 6.07) is 4.91. The van der Waals surface area contributed by atoms with Gasteiger partial charge < -0.3 is 5.73 Å². The number of nitro benzene ring substituents is 1. The van der Waals surface area contributed by atoms with Gasteiger partial charge in [0.15, 0.2) is 0 Å². The Kier molecular flexibility index (Phi) is 4.16. The van der Waals surface area contributed by atoms with Crippen molar-refractivity contribution >= 4 is 17.3 Å². The van der Waals surface area contributed by atoms with Crippen LogP contribution in [0.1, 0.15) is 12.0 Å². The van der Waals surface area contributed by atoms with Crippen LogP contribution < -0.4 is 5.73 Å². The first-order valence-corrected chi connectivity index (χ1v) is 6.33. The molecule has 0 radical (unpaired) electrons. The zero-order valence-corrected chi connectivity index (χ0v) is 10.8. The molecule has 98 valence electrons. The molecule has 1 aliphatic rings. The molecule has 0 aliphatic carbocycles. The average Bonchev–Trinajstić information content (AvgIpc) is 2.76. The summed E-state index contributed by atoms with van der Waals surface area (Å²) >= 11 is 5.89. The Morgan fingerprint density at radius 3 is 2.89 bits per heavy atom. The number of benzene rings is 1. The van der Waals surface area contributed by atoms with E-state index in [1.807, 2.05) is 0 Å². The fourth-order valence-corrected chi connectivity index (χ4v) is 2.58. The molecule has 0 saturated carbocycles. The summed E-state index contributed by atoms with van der Waals surface area (Å²) < 4.78 is 0. The minimum absolute atomic E-state index is 0.0401. The second kappa shape index (κ2) is 5.65. The van der Waals surface area contributed by atoms with Crippen molar-refractivity contribution < 1.29 is 4.92 Å². The molecule has 0 bridgehead atoms. The van der Waals surface area contributed by atoms with Crippen molar-refractivity contribution in [2.45, 2.75) is 13.0 Å². The smallest absolute Gasteiger partial charge is 0.287 e. The largest absolute Gasteiger partial charge is 0.330 e. The number of hydrogen-bond donors (Lipinski definition) is 1. The van der Waals surface area contributed by atoms with Gasteiger partial charge in [0.05, 0.1) is 4.92 Å². The van der Waals surface area contributed by atoms with E-state index in [4.69, 9.17) is 17.3 Å². The average molecular weight is 270 g/mol. The Bertz CT molecular complexity index is 453. The van der Waals surface area contributed by atoms with Gasteiger partial charge in [-0.3, -0.25) is 15.0 Å². The summed E-state index contributed by atoms with van der Waals surface area (Å²) in [5.74, 6) is 0.568. The van der Waals surface area contributed by atoms with Gasteiger partial charge in [0.25, 0.3) is 5.69 Å². The zero-order chi connectivity index (χ0) is 13.1. The SMILES string of the molecule is NCC1CCN(Cc2ccc([N+](=O)[O-])c(Cl)c2)C1. The van der Waals surface area contributed by atoms with Crippen LogP contribution in [0.2, 0.25) is 5.02 Å². The van der Waals surface area contributed by atoms with E-state index in [0.717, 1.165) is 38.2 Å². The van der Waals surface area contributed by atoms with E-state index in [9.17, 15) is 10.1 Å². The minimum atomic E-state index is -0.466. The van der Waals surface area contributed by atoms with E-state index < -0.39 is 4.92 Å².